The fraction of sp³-hybridized carbons (Fsp3) is 0.231. The van der Waals surface area contributed by atoms with Crippen molar-refractivity contribution in [2.24, 2.45) is 0 Å². The van der Waals surface area contributed by atoms with Gasteiger partial charge in [0.2, 0.25) is 0 Å². The minimum atomic E-state index is -0.178. The van der Waals surface area contributed by atoms with E-state index >= 15 is 0 Å². The predicted octanol–water partition coefficient (Wildman–Crippen LogP) is 3.11. The van der Waals surface area contributed by atoms with Gasteiger partial charge in [-0.2, -0.15) is 0 Å². The van der Waals surface area contributed by atoms with Gasteiger partial charge in [0.15, 0.2) is 5.13 Å². The molecule has 0 saturated heterocycles. The van der Waals surface area contributed by atoms with Crippen molar-refractivity contribution < 1.29 is 4.79 Å². The van der Waals surface area contributed by atoms with Gasteiger partial charge in [-0.15, -0.1) is 11.3 Å². The summed E-state index contributed by atoms with van der Waals surface area (Å²) in [7, 11) is 3.95. The molecule has 1 amide bonds. The molecule has 0 radical (unpaired) electrons. The number of carbonyl (C=O) groups excluding carboxylic acids is 1. The normalized spacial score (nSPS) is 10.7. The van der Waals surface area contributed by atoms with E-state index in [-0.39, 0.29) is 5.91 Å². The van der Waals surface area contributed by atoms with Crippen LogP contribution >= 0.6 is 22.9 Å². The summed E-state index contributed by atoms with van der Waals surface area (Å²) in [5, 5.41) is 5.94. The zero-order valence-electron chi connectivity index (χ0n) is 10.7. The molecule has 2 rings (SSSR count). The van der Waals surface area contributed by atoms with Gasteiger partial charge in [0, 0.05) is 22.5 Å². The Kier molecular flexibility index (Phi) is 4.52. The van der Waals surface area contributed by atoms with Crippen LogP contribution in [-0.2, 0) is 6.54 Å². The van der Waals surface area contributed by atoms with Gasteiger partial charge in [0.1, 0.15) is 0 Å². The van der Waals surface area contributed by atoms with E-state index in [2.05, 4.69) is 10.3 Å². The lowest BCUT2D eigenvalue weighted by Crippen LogP contribution is -2.13. The lowest BCUT2D eigenvalue weighted by Gasteiger charge is -2.05. The number of benzene rings is 1. The Hall–Kier alpha value is -1.43. The Morgan fingerprint density at radius 1 is 1.37 bits per heavy atom. The minimum absolute atomic E-state index is 0.178. The summed E-state index contributed by atoms with van der Waals surface area (Å²) in [6.07, 6.45) is 0. The quantitative estimate of drug-likeness (QED) is 0.942. The number of amides is 1. The summed E-state index contributed by atoms with van der Waals surface area (Å²) < 4.78 is 0. The van der Waals surface area contributed by atoms with E-state index in [1.165, 1.54) is 11.3 Å². The van der Waals surface area contributed by atoms with E-state index in [4.69, 9.17) is 11.6 Å². The average molecular weight is 296 g/mol. The Labute approximate surface area is 121 Å². The molecule has 2 aromatic rings. The first kappa shape index (κ1) is 14.0. The topological polar surface area (TPSA) is 45.2 Å². The second-order valence-corrected chi connectivity index (χ2v) is 5.64. The van der Waals surface area contributed by atoms with Crippen LogP contribution in [0.5, 0.6) is 0 Å². The Bertz CT molecular complexity index is 566. The van der Waals surface area contributed by atoms with E-state index in [0.29, 0.717) is 15.7 Å². The zero-order chi connectivity index (χ0) is 13.8. The molecule has 100 valence electrons. The van der Waals surface area contributed by atoms with E-state index in [0.717, 1.165) is 12.2 Å². The molecule has 1 heterocycles. The van der Waals surface area contributed by atoms with Gasteiger partial charge in [0.25, 0.3) is 5.91 Å². The number of anilines is 1. The third-order valence-electron chi connectivity index (χ3n) is 2.36. The lowest BCUT2D eigenvalue weighted by molar-refractivity contribution is 0.102. The third kappa shape index (κ3) is 4.02. The number of thiazole rings is 1. The first-order valence-corrected chi connectivity index (χ1v) is 6.96. The summed E-state index contributed by atoms with van der Waals surface area (Å²) in [5.41, 5.74) is 1.51. The molecule has 0 aliphatic rings. The second-order valence-electron chi connectivity index (χ2n) is 4.34. The molecule has 1 aromatic heterocycles. The van der Waals surface area contributed by atoms with Crippen LogP contribution in [0.15, 0.2) is 29.6 Å². The molecule has 0 aliphatic carbocycles. The highest BCUT2D eigenvalue weighted by Gasteiger charge is 2.09. The fourth-order valence-corrected chi connectivity index (χ4v) is 2.35. The highest BCUT2D eigenvalue weighted by atomic mass is 35.5. The molecule has 1 N–H and O–H groups in total. The molecule has 0 unspecified atom stereocenters. The maximum Gasteiger partial charge on any atom is 0.257 e. The van der Waals surface area contributed by atoms with Gasteiger partial charge in [-0.3, -0.25) is 10.1 Å². The van der Waals surface area contributed by atoms with Gasteiger partial charge in [-0.25, -0.2) is 4.98 Å². The van der Waals surface area contributed by atoms with Gasteiger partial charge in [-0.05, 0) is 38.4 Å². The highest BCUT2D eigenvalue weighted by Crippen LogP contribution is 2.18. The molecular formula is C13H14ClN3OS. The van der Waals surface area contributed by atoms with E-state index < -0.39 is 0 Å². The van der Waals surface area contributed by atoms with Crippen LogP contribution in [0.2, 0.25) is 5.02 Å². The summed E-state index contributed by atoms with van der Waals surface area (Å²) >= 11 is 7.20. The SMILES string of the molecule is CN(C)Cc1csc(NC(=O)c2ccc(Cl)cc2)n1. The molecule has 0 fully saturated rings. The monoisotopic (exact) mass is 295 g/mol. The van der Waals surface area contributed by atoms with Crippen LogP contribution < -0.4 is 5.32 Å². The van der Waals surface area contributed by atoms with Crippen molar-refractivity contribution in [3.63, 3.8) is 0 Å². The van der Waals surface area contributed by atoms with Crippen molar-refractivity contribution in [1.29, 1.82) is 0 Å². The van der Waals surface area contributed by atoms with Crippen molar-refractivity contribution in [3.05, 3.63) is 45.9 Å². The molecule has 0 spiro atoms. The summed E-state index contributed by atoms with van der Waals surface area (Å²) in [4.78, 5) is 18.3. The van der Waals surface area contributed by atoms with Crippen molar-refractivity contribution >= 4 is 34.0 Å². The minimum Gasteiger partial charge on any atom is -0.304 e. The van der Waals surface area contributed by atoms with Crippen LogP contribution in [0.3, 0.4) is 0 Å². The van der Waals surface area contributed by atoms with Crippen LogP contribution in [-0.4, -0.2) is 29.9 Å². The lowest BCUT2D eigenvalue weighted by atomic mass is 10.2. The number of nitrogens with one attached hydrogen (secondary N) is 1. The largest absolute Gasteiger partial charge is 0.304 e. The van der Waals surface area contributed by atoms with Gasteiger partial charge in [0.05, 0.1) is 5.69 Å². The smallest absolute Gasteiger partial charge is 0.257 e. The molecule has 19 heavy (non-hydrogen) atoms. The maximum absolute atomic E-state index is 12.0. The highest BCUT2D eigenvalue weighted by molar-refractivity contribution is 7.13. The van der Waals surface area contributed by atoms with Crippen molar-refractivity contribution in [3.8, 4) is 0 Å². The number of halogens is 1. The number of nitrogens with zero attached hydrogens (tertiary/aromatic N) is 2. The van der Waals surface area contributed by atoms with Gasteiger partial charge >= 0.3 is 0 Å². The number of carbonyl (C=O) groups is 1. The van der Waals surface area contributed by atoms with Crippen molar-refractivity contribution in [1.82, 2.24) is 9.88 Å². The van der Waals surface area contributed by atoms with Crippen molar-refractivity contribution in [2.75, 3.05) is 19.4 Å². The molecule has 0 aliphatic heterocycles. The van der Waals surface area contributed by atoms with Gasteiger partial charge < -0.3 is 4.90 Å². The second kappa shape index (κ2) is 6.14. The summed E-state index contributed by atoms with van der Waals surface area (Å²) in [6.45, 7) is 0.757. The first-order valence-electron chi connectivity index (χ1n) is 5.70. The Morgan fingerprint density at radius 2 is 2.05 bits per heavy atom. The van der Waals surface area contributed by atoms with E-state index in [1.807, 2.05) is 24.4 Å². The third-order valence-corrected chi connectivity index (χ3v) is 3.42. The van der Waals surface area contributed by atoms with Crippen LogP contribution in [0.4, 0.5) is 5.13 Å². The molecule has 0 bridgehead atoms. The summed E-state index contributed by atoms with van der Waals surface area (Å²) in [6, 6.07) is 6.75. The molecule has 6 heteroatoms. The number of rotatable bonds is 4. The number of hydrogen-bond acceptors (Lipinski definition) is 4. The van der Waals surface area contributed by atoms with Crippen LogP contribution in [0.25, 0.3) is 0 Å². The molecule has 0 atom stereocenters. The number of aromatic nitrogens is 1. The number of hydrogen-bond donors (Lipinski definition) is 1. The average Bonchev–Trinajstić information content (AvgIpc) is 2.76. The van der Waals surface area contributed by atoms with E-state index in [9.17, 15) is 4.79 Å². The summed E-state index contributed by atoms with van der Waals surface area (Å²) in [5.74, 6) is -0.178. The maximum atomic E-state index is 12.0. The zero-order valence-corrected chi connectivity index (χ0v) is 12.3. The molecule has 0 saturated carbocycles. The van der Waals surface area contributed by atoms with Crippen LogP contribution in [0, 0.1) is 0 Å². The van der Waals surface area contributed by atoms with E-state index in [1.54, 1.807) is 24.3 Å². The van der Waals surface area contributed by atoms with Crippen molar-refractivity contribution in [2.45, 2.75) is 6.54 Å². The molecule has 4 nitrogen and oxygen atoms in total. The first-order chi connectivity index (χ1) is 9.04. The van der Waals surface area contributed by atoms with Crippen LogP contribution in [0.1, 0.15) is 16.1 Å². The molecule has 1 aromatic carbocycles. The Morgan fingerprint density at radius 3 is 2.68 bits per heavy atom. The fourth-order valence-electron chi connectivity index (χ4n) is 1.53. The standard InChI is InChI=1S/C13H14ClN3OS/c1-17(2)7-11-8-19-13(15-11)16-12(18)9-3-5-10(14)6-4-9/h3-6,8H,7H2,1-2H3,(H,15,16,18). The predicted molar refractivity (Wildman–Crippen MR) is 78.9 cm³/mol. The van der Waals surface area contributed by atoms with Gasteiger partial charge in [-0.1, -0.05) is 11.6 Å². The Balaban J connectivity index is 2.02. The molecular weight excluding hydrogens is 282 g/mol.